The SMILES string of the molecule is CO[C@@H]1CS(=O)(=O)C[C@H]1NC(=O)c1cc2c(s1)CCOC21CCNCC1.Cl. The lowest BCUT2D eigenvalue weighted by Crippen LogP contribution is -2.44. The van der Waals surface area contributed by atoms with E-state index >= 15 is 0 Å². The molecule has 2 saturated heterocycles. The molecule has 2 fully saturated rings. The maximum atomic E-state index is 12.8. The number of carbonyl (C=O) groups is 1. The minimum Gasteiger partial charge on any atom is -0.378 e. The first-order chi connectivity index (χ1) is 12.4. The van der Waals surface area contributed by atoms with Gasteiger partial charge in [0.1, 0.15) is 0 Å². The van der Waals surface area contributed by atoms with E-state index in [1.54, 1.807) is 0 Å². The van der Waals surface area contributed by atoms with Crippen LogP contribution in [0.25, 0.3) is 0 Å². The van der Waals surface area contributed by atoms with E-state index in [-0.39, 0.29) is 35.4 Å². The van der Waals surface area contributed by atoms with Crippen LogP contribution in [0.4, 0.5) is 0 Å². The van der Waals surface area contributed by atoms with Crippen molar-refractivity contribution in [3.8, 4) is 0 Å². The summed E-state index contributed by atoms with van der Waals surface area (Å²) >= 11 is 1.50. The number of methoxy groups -OCH3 is 1. The smallest absolute Gasteiger partial charge is 0.261 e. The molecule has 1 aromatic rings. The minimum absolute atomic E-state index is 0. The van der Waals surface area contributed by atoms with E-state index < -0.39 is 22.0 Å². The quantitative estimate of drug-likeness (QED) is 0.730. The zero-order chi connectivity index (χ0) is 18.4. The summed E-state index contributed by atoms with van der Waals surface area (Å²) in [6.07, 6.45) is 2.15. The van der Waals surface area contributed by atoms with Crippen LogP contribution in [0, 0.1) is 0 Å². The van der Waals surface area contributed by atoms with Gasteiger partial charge >= 0.3 is 0 Å². The van der Waals surface area contributed by atoms with Crippen molar-refractivity contribution < 1.29 is 22.7 Å². The van der Waals surface area contributed by atoms with Crippen LogP contribution in [-0.2, 0) is 31.3 Å². The average Bonchev–Trinajstić information content (AvgIpc) is 3.17. The fraction of sp³-hybridized carbons (Fsp3) is 0.706. The third kappa shape index (κ3) is 4.04. The Kier molecular flexibility index (Phi) is 6.20. The summed E-state index contributed by atoms with van der Waals surface area (Å²) in [5.74, 6) is -0.335. The second-order valence-electron chi connectivity index (χ2n) is 7.22. The molecule has 0 radical (unpaired) electrons. The van der Waals surface area contributed by atoms with Gasteiger partial charge in [0.2, 0.25) is 0 Å². The molecule has 0 bridgehead atoms. The largest absolute Gasteiger partial charge is 0.378 e. The van der Waals surface area contributed by atoms with Gasteiger partial charge in [0, 0.05) is 18.4 Å². The van der Waals surface area contributed by atoms with Crippen molar-refractivity contribution in [2.45, 2.75) is 37.0 Å². The van der Waals surface area contributed by atoms with Crippen LogP contribution in [0.3, 0.4) is 0 Å². The van der Waals surface area contributed by atoms with E-state index in [0.29, 0.717) is 11.5 Å². The number of hydrogen-bond donors (Lipinski definition) is 2. The van der Waals surface area contributed by atoms with E-state index in [4.69, 9.17) is 9.47 Å². The molecule has 27 heavy (non-hydrogen) atoms. The highest BCUT2D eigenvalue weighted by atomic mass is 35.5. The Hall–Kier alpha value is -0.710. The van der Waals surface area contributed by atoms with Crippen molar-refractivity contribution in [1.82, 2.24) is 10.6 Å². The number of nitrogens with one attached hydrogen (secondary N) is 2. The number of hydrogen-bond acceptors (Lipinski definition) is 7. The first-order valence-corrected chi connectivity index (χ1v) is 11.6. The lowest BCUT2D eigenvalue weighted by Gasteiger charge is -2.40. The first-order valence-electron chi connectivity index (χ1n) is 8.94. The molecule has 3 aliphatic heterocycles. The monoisotopic (exact) mass is 436 g/mol. The molecular formula is C17H25ClN2O5S2. The molecule has 2 N–H and O–H groups in total. The number of rotatable bonds is 3. The van der Waals surface area contributed by atoms with Crippen molar-refractivity contribution in [3.63, 3.8) is 0 Å². The lowest BCUT2D eigenvalue weighted by atomic mass is 9.83. The van der Waals surface area contributed by atoms with Crippen LogP contribution in [0.15, 0.2) is 6.07 Å². The van der Waals surface area contributed by atoms with E-state index in [0.717, 1.165) is 37.9 Å². The summed E-state index contributed by atoms with van der Waals surface area (Å²) in [4.78, 5) is 14.6. The maximum absolute atomic E-state index is 12.8. The number of sulfone groups is 1. The highest BCUT2D eigenvalue weighted by molar-refractivity contribution is 7.91. The van der Waals surface area contributed by atoms with Crippen LogP contribution in [0.1, 0.15) is 33.0 Å². The van der Waals surface area contributed by atoms with Gasteiger partial charge in [-0.05, 0) is 37.6 Å². The summed E-state index contributed by atoms with van der Waals surface area (Å²) in [6.45, 7) is 2.50. The standard InChI is InChI=1S/C17H24N2O5S2.ClH/c1-23-13-10-26(21,22)9-12(13)19-16(20)15-8-11-14(25-15)2-7-24-17(11)3-5-18-6-4-17;/h8,12-13,18H,2-7,9-10H2,1H3,(H,19,20);1H/t12-,13-;/m1./s1. The van der Waals surface area contributed by atoms with Crippen molar-refractivity contribution in [2.24, 2.45) is 0 Å². The summed E-state index contributed by atoms with van der Waals surface area (Å²) in [5, 5.41) is 6.22. The average molecular weight is 437 g/mol. The minimum atomic E-state index is -3.17. The van der Waals surface area contributed by atoms with Crippen LogP contribution in [-0.4, -0.2) is 64.8 Å². The van der Waals surface area contributed by atoms with Gasteiger partial charge in [-0.25, -0.2) is 8.42 Å². The van der Waals surface area contributed by atoms with Gasteiger partial charge in [-0.2, -0.15) is 0 Å². The molecule has 0 aromatic carbocycles. The fourth-order valence-electron chi connectivity index (χ4n) is 4.19. The predicted molar refractivity (Wildman–Crippen MR) is 106 cm³/mol. The Morgan fingerprint density at radius 3 is 2.81 bits per heavy atom. The number of halogens is 1. The van der Waals surface area contributed by atoms with Gasteiger partial charge in [-0.1, -0.05) is 0 Å². The Bertz CT molecular complexity index is 804. The molecule has 1 spiro atoms. The number of piperidine rings is 1. The second kappa shape index (κ2) is 7.96. The van der Waals surface area contributed by atoms with Crippen molar-refractivity contribution in [3.05, 3.63) is 21.4 Å². The molecule has 7 nitrogen and oxygen atoms in total. The van der Waals surface area contributed by atoms with Crippen LogP contribution in [0.5, 0.6) is 0 Å². The highest BCUT2D eigenvalue weighted by Crippen LogP contribution is 2.43. The molecule has 0 aliphatic carbocycles. The Labute approximate surface area is 169 Å². The van der Waals surface area contributed by atoms with Gasteiger partial charge in [-0.15, -0.1) is 23.7 Å². The van der Waals surface area contributed by atoms with Gasteiger partial charge in [0.25, 0.3) is 5.91 Å². The van der Waals surface area contributed by atoms with Gasteiger partial charge in [0.05, 0.1) is 40.7 Å². The third-order valence-electron chi connectivity index (χ3n) is 5.56. The fourth-order valence-corrected chi connectivity index (χ4v) is 7.18. The van der Waals surface area contributed by atoms with E-state index in [2.05, 4.69) is 10.6 Å². The number of thiophene rings is 1. The van der Waals surface area contributed by atoms with Crippen molar-refractivity contribution >= 4 is 39.5 Å². The highest BCUT2D eigenvalue weighted by Gasteiger charge is 2.42. The molecular weight excluding hydrogens is 412 g/mol. The molecule has 4 rings (SSSR count). The Morgan fingerprint density at radius 2 is 2.11 bits per heavy atom. The lowest BCUT2D eigenvalue weighted by molar-refractivity contribution is -0.0792. The summed E-state index contributed by atoms with van der Waals surface area (Å²) in [7, 11) is -1.69. The topological polar surface area (TPSA) is 93.7 Å². The number of amides is 1. The normalized spacial score (nSPS) is 28.3. The molecule has 0 saturated carbocycles. The maximum Gasteiger partial charge on any atom is 0.261 e. The summed E-state index contributed by atoms with van der Waals surface area (Å²) in [5.41, 5.74) is 0.863. The zero-order valence-corrected chi connectivity index (χ0v) is 17.6. The Morgan fingerprint density at radius 1 is 1.37 bits per heavy atom. The van der Waals surface area contributed by atoms with Crippen LogP contribution < -0.4 is 10.6 Å². The third-order valence-corrected chi connectivity index (χ3v) is 8.46. The Balaban J connectivity index is 0.00000210. The molecule has 1 aromatic heterocycles. The van der Waals surface area contributed by atoms with Gasteiger partial charge in [-0.3, -0.25) is 4.79 Å². The molecule has 4 heterocycles. The second-order valence-corrected chi connectivity index (χ2v) is 10.5. The van der Waals surface area contributed by atoms with Crippen molar-refractivity contribution in [2.75, 3.05) is 38.3 Å². The van der Waals surface area contributed by atoms with Gasteiger partial charge < -0.3 is 20.1 Å². The van der Waals surface area contributed by atoms with Crippen LogP contribution >= 0.6 is 23.7 Å². The molecule has 152 valence electrons. The number of fused-ring (bicyclic) bond motifs is 2. The molecule has 0 unspecified atom stereocenters. The van der Waals surface area contributed by atoms with E-state index in [9.17, 15) is 13.2 Å². The molecule has 2 atom stereocenters. The summed E-state index contributed by atoms with van der Waals surface area (Å²) in [6, 6.07) is 1.45. The van der Waals surface area contributed by atoms with E-state index in [1.807, 2.05) is 6.07 Å². The first kappa shape index (κ1) is 21.0. The molecule has 10 heteroatoms. The van der Waals surface area contributed by atoms with Crippen molar-refractivity contribution in [1.29, 1.82) is 0 Å². The number of ether oxygens (including phenoxy) is 2. The molecule has 3 aliphatic rings. The van der Waals surface area contributed by atoms with Crippen LogP contribution in [0.2, 0.25) is 0 Å². The zero-order valence-electron chi connectivity index (χ0n) is 15.2. The predicted octanol–water partition coefficient (Wildman–Crippen LogP) is 0.863. The van der Waals surface area contributed by atoms with E-state index in [1.165, 1.54) is 23.3 Å². The van der Waals surface area contributed by atoms with Gasteiger partial charge in [0.15, 0.2) is 9.84 Å². The number of carbonyl (C=O) groups excluding carboxylic acids is 1. The summed E-state index contributed by atoms with van der Waals surface area (Å²) < 4.78 is 35.1. The molecule has 1 amide bonds.